The minimum Gasteiger partial charge on any atom is -0.480 e. The van der Waals surface area contributed by atoms with Crippen molar-refractivity contribution in [2.45, 2.75) is 0 Å². The Bertz CT molecular complexity index is 380. The highest BCUT2D eigenvalue weighted by atomic mass is 32.1. The zero-order valence-corrected chi connectivity index (χ0v) is 10.5. The van der Waals surface area contributed by atoms with Gasteiger partial charge in [-0.15, -0.1) is 5.10 Å². The summed E-state index contributed by atoms with van der Waals surface area (Å²) in [4.78, 5) is 25.7. The van der Waals surface area contributed by atoms with E-state index in [0.717, 1.165) is 11.5 Å². The van der Waals surface area contributed by atoms with Gasteiger partial charge in [0.1, 0.15) is 6.54 Å². The first-order chi connectivity index (χ1) is 8.00. The van der Waals surface area contributed by atoms with Crippen molar-refractivity contribution in [2.24, 2.45) is 0 Å². The fraction of sp³-hybridized carbons (Fsp3) is 0.556. The van der Waals surface area contributed by atoms with E-state index >= 15 is 0 Å². The maximum absolute atomic E-state index is 11.9. The van der Waals surface area contributed by atoms with Crippen LogP contribution in [-0.4, -0.2) is 70.1 Å². The lowest BCUT2D eigenvalue weighted by Gasteiger charge is -2.21. The van der Waals surface area contributed by atoms with Crippen molar-refractivity contribution in [2.75, 3.05) is 33.7 Å². The van der Waals surface area contributed by atoms with Crippen molar-refractivity contribution in [3.8, 4) is 0 Å². The second-order valence-corrected chi connectivity index (χ2v) is 4.32. The molecule has 7 nitrogen and oxygen atoms in total. The number of likely N-dealkylation sites (N-methyl/N-ethyl adjacent to an activating group) is 1. The lowest BCUT2D eigenvalue weighted by Crippen LogP contribution is -2.40. The van der Waals surface area contributed by atoms with Crippen LogP contribution in [0.3, 0.4) is 0 Å². The van der Waals surface area contributed by atoms with Crippen LogP contribution in [-0.2, 0) is 4.79 Å². The number of aromatic nitrogens is 2. The van der Waals surface area contributed by atoms with Gasteiger partial charge in [-0.05, 0) is 25.6 Å². The summed E-state index contributed by atoms with van der Waals surface area (Å²) in [5.74, 6) is -1.44. The summed E-state index contributed by atoms with van der Waals surface area (Å²) < 4.78 is 3.59. The lowest BCUT2D eigenvalue weighted by molar-refractivity contribution is -0.137. The zero-order valence-electron chi connectivity index (χ0n) is 9.66. The average Bonchev–Trinajstić information content (AvgIpc) is 2.75. The van der Waals surface area contributed by atoms with Gasteiger partial charge < -0.3 is 14.9 Å². The third-order valence-electron chi connectivity index (χ3n) is 2.01. The molecule has 0 saturated heterocycles. The molecule has 1 amide bonds. The van der Waals surface area contributed by atoms with Crippen LogP contribution in [0.2, 0.25) is 0 Å². The van der Waals surface area contributed by atoms with Gasteiger partial charge in [-0.25, -0.2) is 0 Å². The molecule has 0 spiro atoms. The highest BCUT2D eigenvalue weighted by Crippen LogP contribution is 2.03. The Labute approximate surface area is 103 Å². The largest absolute Gasteiger partial charge is 0.480 e. The molecular formula is C9H14N4O3S. The SMILES string of the molecule is CN(C)CCN(CC(=O)O)C(=O)c1csnn1. The first-order valence-electron chi connectivity index (χ1n) is 4.93. The monoisotopic (exact) mass is 258 g/mol. The summed E-state index contributed by atoms with van der Waals surface area (Å²) in [6.45, 7) is 0.608. The van der Waals surface area contributed by atoms with Gasteiger partial charge in [-0.3, -0.25) is 9.59 Å². The number of nitrogens with zero attached hydrogens (tertiary/aromatic N) is 4. The molecular weight excluding hydrogens is 244 g/mol. The summed E-state index contributed by atoms with van der Waals surface area (Å²) in [5, 5.41) is 13.9. The molecule has 1 N–H and O–H groups in total. The van der Waals surface area contributed by atoms with Gasteiger partial charge in [0.2, 0.25) is 0 Å². The Kier molecular flexibility index (Phi) is 4.98. The van der Waals surface area contributed by atoms with Crippen molar-refractivity contribution < 1.29 is 14.7 Å². The maximum Gasteiger partial charge on any atom is 0.323 e. The molecule has 0 aromatic carbocycles. The van der Waals surface area contributed by atoms with Crippen molar-refractivity contribution in [1.29, 1.82) is 0 Å². The van der Waals surface area contributed by atoms with Crippen molar-refractivity contribution in [3.63, 3.8) is 0 Å². The Morgan fingerprint density at radius 2 is 2.12 bits per heavy atom. The standard InChI is InChI=1S/C9H14N4O3S/c1-12(2)3-4-13(5-8(14)15)9(16)7-6-17-11-10-7/h6H,3-5H2,1-2H3,(H,14,15). The highest BCUT2D eigenvalue weighted by molar-refractivity contribution is 7.03. The molecule has 0 aliphatic carbocycles. The van der Waals surface area contributed by atoms with E-state index in [-0.39, 0.29) is 12.2 Å². The van der Waals surface area contributed by atoms with E-state index in [1.807, 2.05) is 19.0 Å². The second-order valence-electron chi connectivity index (χ2n) is 3.71. The quantitative estimate of drug-likeness (QED) is 0.749. The number of amides is 1. The van der Waals surface area contributed by atoms with Crippen molar-refractivity contribution >= 4 is 23.4 Å². The number of hydrogen-bond donors (Lipinski definition) is 1. The summed E-state index contributed by atoms with van der Waals surface area (Å²) >= 11 is 1.06. The molecule has 1 aromatic heterocycles. The molecule has 8 heteroatoms. The fourth-order valence-corrected chi connectivity index (χ4v) is 1.59. The van der Waals surface area contributed by atoms with E-state index in [1.165, 1.54) is 10.3 Å². The van der Waals surface area contributed by atoms with E-state index < -0.39 is 11.9 Å². The van der Waals surface area contributed by atoms with Crippen LogP contribution in [0, 0.1) is 0 Å². The first kappa shape index (κ1) is 13.5. The Hall–Kier alpha value is -1.54. The minimum atomic E-state index is -1.04. The van der Waals surface area contributed by atoms with Gasteiger partial charge in [-0.2, -0.15) is 0 Å². The predicted molar refractivity (Wildman–Crippen MR) is 62.0 cm³/mol. The van der Waals surface area contributed by atoms with Crippen LogP contribution in [0.15, 0.2) is 5.38 Å². The van der Waals surface area contributed by atoms with Crippen LogP contribution in [0.25, 0.3) is 0 Å². The summed E-state index contributed by atoms with van der Waals surface area (Å²) in [6.07, 6.45) is 0. The van der Waals surface area contributed by atoms with Crippen molar-refractivity contribution in [3.05, 3.63) is 11.1 Å². The maximum atomic E-state index is 11.9. The Morgan fingerprint density at radius 1 is 1.41 bits per heavy atom. The van der Waals surface area contributed by atoms with E-state index in [2.05, 4.69) is 9.59 Å². The van der Waals surface area contributed by atoms with Crippen molar-refractivity contribution in [1.82, 2.24) is 19.4 Å². The van der Waals surface area contributed by atoms with E-state index in [1.54, 1.807) is 0 Å². The normalized spacial score (nSPS) is 10.5. The number of aliphatic carboxylic acids is 1. The van der Waals surface area contributed by atoms with Crippen LogP contribution in [0.1, 0.15) is 10.5 Å². The van der Waals surface area contributed by atoms with Crippen LogP contribution in [0.4, 0.5) is 0 Å². The molecule has 0 bridgehead atoms. The number of rotatable bonds is 6. The first-order valence-corrected chi connectivity index (χ1v) is 5.77. The molecule has 1 rings (SSSR count). The highest BCUT2D eigenvalue weighted by Gasteiger charge is 2.20. The van der Waals surface area contributed by atoms with Crippen LogP contribution >= 0.6 is 11.5 Å². The molecule has 1 aromatic rings. The second kappa shape index (κ2) is 6.26. The van der Waals surface area contributed by atoms with Gasteiger partial charge >= 0.3 is 5.97 Å². The number of carbonyl (C=O) groups is 2. The molecule has 0 radical (unpaired) electrons. The topological polar surface area (TPSA) is 86.6 Å². The Morgan fingerprint density at radius 3 is 2.59 bits per heavy atom. The van der Waals surface area contributed by atoms with Crippen LogP contribution in [0.5, 0.6) is 0 Å². The molecule has 0 fully saturated rings. The third-order valence-corrected chi connectivity index (χ3v) is 2.51. The van der Waals surface area contributed by atoms with E-state index in [9.17, 15) is 9.59 Å². The molecule has 0 saturated carbocycles. The molecule has 0 aliphatic heterocycles. The number of carboxylic acids is 1. The molecule has 0 atom stereocenters. The van der Waals surface area contributed by atoms with Gasteiger partial charge in [0, 0.05) is 18.5 Å². The number of hydrogen-bond acceptors (Lipinski definition) is 6. The minimum absolute atomic E-state index is 0.190. The Balaban J connectivity index is 2.68. The summed E-state index contributed by atoms with van der Waals surface area (Å²) in [6, 6.07) is 0. The smallest absolute Gasteiger partial charge is 0.323 e. The number of carbonyl (C=O) groups excluding carboxylic acids is 1. The molecule has 17 heavy (non-hydrogen) atoms. The fourth-order valence-electron chi connectivity index (χ4n) is 1.16. The molecule has 1 heterocycles. The van der Waals surface area contributed by atoms with Gasteiger partial charge in [0.25, 0.3) is 5.91 Å². The zero-order chi connectivity index (χ0) is 12.8. The average molecular weight is 258 g/mol. The summed E-state index contributed by atoms with van der Waals surface area (Å²) in [7, 11) is 3.71. The van der Waals surface area contributed by atoms with E-state index in [4.69, 9.17) is 5.11 Å². The number of carboxylic acid groups (broad SMARTS) is 1. The predicted octanol–water partition coefficient (Wildman–Crippen LogP) is -0.373. The van der Waals surface area contributed by atoms with Gasteiger partial charge in [0.05, 0.1) is 0 Å². The lowest BCUT2D eigenvalue weighted by atomic mass is 10.3. The third kappa shape index (κ3) is 4.45. The van der Waals surface area contributed by atoms with Gasteiger partial charge in [0.15, 0.2) is 5.69 Å². The van der Waals surface area contributed by atoms with E-state index in [0.29, 0.717) is 13.1 Å². The molecule has 0 unspecified atom stereocenters. The van der Waals surface area contributed by atoms with Gasteiger partial charge in [-0.1, -0.05) is 4.49 Å². The molecule has 0 aliphatic rings. The summed E-state index contributed by atoms with van der Waals surface area (Å²) in [5.41, 5.74) is 0.190. The van der Waals surface area contributed by atoms with Crippen LogP contribution < -0.4 is 0 Å². The molecule has 94 valence electrons.